The van der Waals surface area contributed by atoms with E-state index in [4.69, 9.17) is 9.47 Å². The van der Waals surface area contributed by atoms with Gasteiger partial charge in [0.1, 0.15) is 17.4 Å². The molecular formula is C28H37N3O6. The molecular weight excluding hydrogens is 474 g/mol. The van der Waals surface area contributed by atoms with E-state index in [-0.39, 0.29) is 37.4 Å². The van der Waals surface area contributed by atoms with Crippen molar-refractivity contribution in [2.45, 2.75) is 43.9 Å². The number of aliphatic hydroxyl groups is 1. The Morgan fingerprint density at radius 3 is 2.51 bits per heavy atom. The van der Waals surface area contributed by atoms with Crippen molar-refractivity contribution in [2.24, 2.45) is 11.8 Å². The van der Waals surface area contributed by atoms with Crippen LogP contribution in [0.5, 0.6) is 5.75 Å². The Morgan fingerprint density at radius 2 is 1.92 bits per heavy atom. The summed E-state index contributed by atoms with van der Waals surface area (Å²) in [5, 5.41) is 9.82. The molecule has 9 nitrogen and oxygen atoms in total. The van der Waals surface area contributed by atoms with Crippen LogP contribution < -0.4 is 9.64 Å². The van der Waals surface area contributed by atoms with Crippen LogP contribution in [-0.4, -0.2) is 90.3 Å². The number of amides is 3. The number of methoxy groups -OCH3 is 1. The summed E-state index contributed by atoms with van der Waals surface area (Å²) in [5.41, 5.74) is -0.492. The van der Waals surface area contributed by atoms with Crippen LogP contribution in [0.15, 0.2) is 49.6 Å². The van der Waals surface area contributed by atoms with Gasteiger partial charge < -0.3 is 29.3 Å². The zero-order valence-electron chi connectivity index (χ0n) is 21.7. The number of rotatable bonds is 12. The van der Waals surface area contributed by atoms with Gasteiger partial charge in [0, 0.05) is 31.9 Å². The summed E-state index contributed by atoms with van der Waals surface area (Å²) in [7, 11) is 1.57. The van der Waals surface area contributed by atoms with E-state index >= 15 is 0 Å². The molecule has 4 rings (SSSR count). The first-order valence-corrected chi connectivity index (χ1v) is 12.9. The van der Waals surface area contributed by atoms with Crippen LogP contribution in [0.1, 0.15) is 26.2 Å². The molecule has 1 N–H and O–H groups in total. The van der Waals surface area contributed by atoms with E-state index in [9.17, 15) is 19.5 Å². The smallest absolute Gasteiger partial charge is 0.253 e. The number of anilines is 1. The molecule has 0 saturated carbocycles. The number of fused-ring (bicyclic) bond motifs is 1. The molecule has 0 radical (unpaired) electrons. The molecule has 2 unspecified atom stereocenters. The maximum atomic E-state index is 14.2. The first-order chi connectivity index (χ1) is 17.9. The Hall–Kier alpha value is -3.17. The van der Waals surface area contributed by atoms with Crippen molar-refractivity contribution < 1.29 is 29.0 Å². The van der Waals surface area contributed by atoms with Crippen molar-refractivity contribution in [3.8, 4) is 5.75 Å². The van der Waals surface area contributed by atoms with Gasteiger partial charge in [-0.15, -0.1) is 13.2 Å². The average Bonchev–Trinajstić information content (AvgIpc) is 3.54. The summed E-state index contributed by atoms with van der Waals surface area (Å²) in [4.78, 5) is 46.5. The van der Waals surface area contributed by atoms with Crippen LogP contribution in [0.4, 0.5) is 5.69 Å². The lowest BCUT2D eigenvalue weighted by Crippen LogP contribution is -2.57. The topological polar surface area (TPSA) is 99.6 Å². The van der Waals surface area contributed by atoms with Crippen molar-refractivity contribution in [1.29, 1.82) is 0 Å². The third-order valence-corrected chi connectivity index (χ3v) is 7.78. The molecule has 2 bridgehead atoms. The number of benzene rings is 1. The molecule has 1 spiro atoms. The van der Waals surface area contributed by atoms with Crippen molar-refractivity contribution in [1.82, 2.24) is 9.80 Å². The number of ether oxygens (including phenoxy) is 2. The molecule has 200 valence electrons. The van der Waals surface area contributed by atoms with E-state index in [1.807, 2.05) is 6.92 Å². The van der Waals surface area contributed by atoms with Gasteiger partial charge in [0.05, 0.1) is 31.7 Å². The molecule has 3 amide bonds. The second-order valence-electron chi connectivity index (χ2n) is 9.82. The van der Waals surface area contributed by atoms with Gasteiger partial charge in [0.15, 0.2) is 0 Å². The summed E-state index contributed by atoms with van der Waals surface area (Å²) in [6, 6.07) is 6.12. The lowest BCUT2D eigenvalue weighted by atomic mass is 9.70. The predicted octanol–water partition coefficient (Wildman–Crippen LogP) is 2.01. The van der Waals surface area contributed by atoms with Crippen molar-refractivity contribution >= 4 is 23.4 Å². The Balaban J connectivity index is 1.73. The third-order valence-electron chi connectivity index (χ3n) is 7.78. The van der Waals surface area contributed by atoms with Crippen molar-refractivity contribution in [3.63, 3.8) is 0 Å². The molecule has 3 fully saturated rings. The largest absolute Gasteiger partial charge is 0.497 e. The summed E-state index contributed by atoms with van der Waals surface area (Å²) in [6.45, 7) is 10.4. The van der Waals surface area contributed by atoms with Gasteiger partial charge in [-0.25, -0.2) is 0 Å². The Kier molecular flexibility index (Phi) is 8.04. The van der Waals surface area contributed by atoms with Crippen LogP contribution in [0.2, 0.25) is 0 Å². The molecule has 3 saturated heterocycles. The number of hydrogen-bond acceptors (Lipinski definition) is 6. The Morgan fingerprint density at radius 1 is 1.22 bits per heavy atom. The van der Waals surface area contributed by atoms with Crippen LogP contribution in [0.25, 0.3) is 0 Å². The van der Waals surface area contributed by atoms with E-state index in [1.54, 1.807) is 53.3 Å². The zero-order valence-corrected chi connectivity index (χ0v) is 21.7. The fourth-order valence-corrected chi connectivity index (χ4v) is 6.35. The molecule has 5 atom stereocenters. The number of β-amino-alcohol motifs (C(OH)–C–C–N with tert-alkyl or cyclic N) is 1. The first-order valence-electron chi connectivity index (χ1n) is 12.9. The average molecular weight is 512 g/mol. The number of nitrogens with zero attached hydrogens (tertiary/aromatic N) is 3. The minimum atomic E-state index is -1.12. The van der Waals surface area contributed by atoms with E-state index in [2.05, 4.69) is 13.2 Å². The van der Waals surface area contributed by atoms with Gasteiger partial charge in [-0.05, 0) is 43.5 Å². The van der Waals surface area contributed by atoms with E-state index in [0.717, 1.165) is 6.42 Å². The fourth-order valence-electron chi connectivity index (χ4n) is 6.35. The highest BCUT2D eigenvalue weighted by Gasteiger charge is 2.74. The first kappa shape index (κ1) is 26.9. The highest BCUT2D eigenvalue weighted by molar-refractivity contribution is 6.05. The quantitative estimate of drug-likeness (QED) is 0.431. The molecule has 3 heterocycles. The lowest BCUT2D eigenvalue weighted by molar-refractivity contribution is -0.145. The Labute approximate surface area is 218 Å². The molecule has 9 heteroatoms. The molecule has 1 aromatic carbocycles. The van der Waals surface area contributed by atoms with Gasteiger partial charge in [0.25, 0.3) is 5.91 Å². The minimum Gasteiger partial charge on any atom is -0.497 e. The number of likely N-dealkylation sites (tertiary alicyclic amines) is 1. The standard InChI is InChI=1S/C28H37N3O6/c1-5-14-29(15-6-2)25(33)22-21-12-13-28(37-21)23(22)26(34)31(17-18-32)24(28)27(35)30(16-7-3)19-8-10-20(36-4)11-9-19/h5,7-11,21-24,32H,1,3,6,12-18H2,2,4H3/t21-,22+,23+,24?,28?/m1/s1. The molecule has 0 aliphatic carbocycles. The maximum absolute atomic E-state index is 14.2. The Bertz CT molecular complexity index is 1040. The number of hydrogen-bond donors (Lipinski definition) is 1. The molecule has 0 aromatic heterocycles. The SMILES string of the molecule is C=CCN(CCC)C(=O)[C@@H]1[C@H]2C(=O)N(CCO)C(C(=O)N(CC=C)c3ccc(OC)cc3)C23CC[C@H]1O3. The van der Waals surface area contributed by atoms with Gasteiger partial charge in [-0.3, -0.25) is 14.4 Å². The molecule has 37 heavy (non-hydrogen) atoms. The summed E-state index contributed by atoms with van der Waals surface area (Å²) in [6.07, 6.45) is 4.75. The predicted molar refractivity (Wildman–Crippen MR) is 139 cm³/mol. The monoisotopic (exact) mass is 511 g/mol. The lowest BCUT2D eigenvalue weighted by Gasteiger charge is -2.36. The second-order valence-corrected chi connectivity index (χ2v) is 9.82. The van der Waals surface area contributed by atoms with E-state index < -0.39 is 29.6 Å². The summed E-state index contributed by atoms with van der Waals surface area (Å²) in [5.74, 6) is -1.55. The fraction of sp³-hybridized carbons (Fsp3) is 0.536. The van der Waals surface area contributed by atoms with Crippen LogP contribution in [-0.2, 0) is 19.1 Å². The second kappa shape index (κ2) is 11.1. The van der Waals surface area contributed by atoms with Gasteiger partial charge in [0.2, 0.25) is 11.8 Å². The van der Waals surface area contributed by atoms with Crippen molar-refractivity contribution in [3.05, 3.63) is 49.6 Å². The number of carbonyl (C=O) groups is 3. The van der Waals surface area contributed by atoms with Crippen LogP contribution in [0, 0.1) is 11.8 Å². The maximum Gasteiger partial charge on any atom is 0.253 e. The number of aliphatic hydroxyl groups excluding tert-OH is 1. The van der Waals surface area contributed by atoms with E-state index in [1.165, 1.54) is 4.90 Å². The van der Waals surface area contributed by atoms with Crippen LogP contribution >= 0.6 is 0 Å². The van der Waals surface area contributed by atoms with E-state index in [0.29, 0.717) is 37.4 Å². The zero-order chi connectivity index (χ0) is 26.7. The minimum absolute atomic E-state index is 0.0156. The van der Waals surface area contributed by atoms with Gasteiger partial charge in [-0.1, -0.05) is 19.1 Å². The highest BCUT2D eigenvalue weighted by atomic mass is 16.5. The molecule has 3 aliphatic heterocycles. The van der Waals surface area contributed by atoms with Gasteiger partial charge >= 0.3 is 0 Å². The van der Waals surface area contributed by atoms with Gasteiger partial charge in [-0.2, -0.15) is 0 Å². The third kappa shape index (κ3) is 4.44. The van der Waals surface area contributed by atoms with Crippen molar-refractivity contribution in [2.75, 3.05) is 44.8 Å². The summed E-state index contributed by atoms with van der Waals surface area (Å²) < 4.78 is 11.7. The molecule has 3 aliphatic rings. The summed E-state index contributed by atoms with van der Waals surface area (Å²) >= 11 is 0. The normalized spacial score (nSPS) is 27.6. The molecule has 1 aromatic rings. The number of carbonyl (C=O) groups excluding carboxylic acids is 3. The highest BCUT2D eigenvalue weighted by Crippen LogP contribution is 2.59. The van der Waals surface area contributed by atoms with Crippen LogP contribution in [0.3, 0.4) is 0 Å².